The highest BCUT2D eigenvalue weighted by Crippen LogP contribution is 2.21. The Balaban J connectivity index is 4.29. The van der Waals surface area contributed by atoms with E-state index in [4.69, 9.17) is 9.47 Å². The van der Waals surface area contributed by atoms with Crippen LogP contribution >= 0.6 is 0 Å². The van der Waals surface area contributed by atoms with Crippen LogP contribution in [0.4, 0.5) is 0 Å². The molecular weight excluding hydrogens is 614 g/mol. The van der Waals surface area contributed by atoms with Crippen LogP contribution in [0.15, 0.2) is 0 Å². The second-order valence-corrected chi connectivity index (χ2v) is 14.1. The molecule has 0 saturated carbocycles. The zero-order chi connectivity index (χ0) is 36.0. The summed E-state index contributed by atoms with van der Waals surface area (Å²) in [5.74, 6) is 6.13. The maximum absolute atomic E-state index is 12.9. The molecule has 0 aromatic rings. The van der Waals surface area contributed by atoms with Crippen molar-refractivity contribution in [3.8, 4) is 11.8 Å². The van der Waals surface area contributed by atoms with E-state index in [1.165, 1.54) is 70.6 Å². The molecule has 2 N–H and O–H groups in total. The first-order valence-corrected chi connectivity index (χ1v) is 20.8. The highest BCUT2D eigenvalue weighted by molar-refractivity contribution is 5.72. The molecule has 49 heavy (non-hydrogen) atoms. The number of carbonyl (C=O) groups is 2. The third-order valence-electron chi connectivity index (χ3n) is 9.30. The van der Waals surface area contributed by atoms with Gasteiger partial charge in [-0.3, -0.25) is 9.59 Å². The van der Waals surface area contributed by atoms with Crippen molar-refractivity contribution in [2.24, 2.45) is 5.92 Å². The lowest BCUT2D eigenvalue weighted by Gasteiger charge is -2.25. The SMILES string of the molecule is CCCCCCC#CCCOC(=O)CCCCCN(CCCCO)CC(O)CCCCOC(=O)C(CCCCCC)CCCCCCCC. The molecule has 0 aliphatic carbocycles. The third-order valence-corrected chi connectivity index (χ3v) is 9.30. The van der Waals surface area contributed by atoms with Crippen molar-refractivity contribution in [2.75, 3.05) is 39.5 Å². The first-order chi connectivity index (χ1) is 24.0. The fourth-order valence-electron chi connectivity index (χ4n) is 6.16. The Morgan fingerprint density at radius 1 is 0.592 bits per heavy atom. The summed E-state index contributed by atoms with van der Waals surface area (Å²) >= 11 is 0. The van der Waals surface area contributed by atoms with Crippen molar-refractivity contribution in [1.29, 1.82) is 0 Å². The molecule has 0 aromatic carbocycles. The van der Waals surface area contributed by atoms with E-state index in [0.717, 1.165) is 96.6 Å². The predicted octanol–water partition coefficient (Wildman–Crippen LogP) is 9.94. The summed E-state index contributed by atoms with van der Waals surface area (Å²) in [6.45, 7) is 9.95. The van der Waals surface area contributed by atoms with Crippen LogP contribution in [-0.2, 0) is 19.1 Å². The number of esters is 2. The Morgan fingerprint density at radius 2 is 1.14 bits per heavy atom. The Labute approximate surface area is 303 Å². The maximum atomic E-state index is 12.9. The lowest BCUT2D eigenvalue weighted by atomic mass is 9.94. The molecule has 0 aromatic heterocycles. The van der Waals surface area contributed by atoms with Crippen molar-refractivity contribution in [1.82, 2.24) is 4.90 Å². The minimum atomic E-state index is -0.432. The van der Waals surface area contributed by atoms with E-state index in [1.54, 1.807) is 0 Å². The van der Waals surface area contributed by atoms with Crippen molar-refractivity contribution >= 4 is 11.9 Å². The van der Waals surface area contributed by atoms with Gasteiger partial charge in [-0.2, -0.15) is 0 Å². The van der Waals surface area contributed by atoms with E-state index in [9.17, 15) is 19.8 Å². The number of rotatable bonds is 36. The van der Waals surface area contributed by atoms with Crippen molar-refractivity contribution in [3.05, 3.63) is 0 Å². The molecule has 0 fully saturated rings. The number of carbonyl (C=O) groups excluding carboxylic acids is 2. The number of ether oxygens (including phenoxy) is 2. The molecule has 0 bridgehead atoms. The molecular formula is C42H79NO6. The predicted molar refractivity (Wildman–Crippen MR) is 204 cm³/mol. The minimum Gasteiger partial charge on any atom is -0.465 e. The topological polar surface area (TPSA) is 96.3 Å². The van der Waals surface area contributed by atoms with Gasteiger partial charge in [0.1, 0.15) is 6.61 Å². The van der Waals surface area contributed by atoms with Crippen LogP contribution in [0, 0.1) is 17.8 Å². The van der Waals surface area contributed by atoms with Gasteiger partial charge in [0.05, 0.1) is 18.6 Å². The number of aliphatic hydroxyl groups excluding tert-OH is 2. The van der Waals surface area contributed by atoms with E-state index in [1.807, 2.05) is 0 Å². The van der Waals surface area contributed by atoms with E-state index < -0.39 is 6.10 Å². The van der Waals surface area contributed by atoms with Crippen LogP contribution in [0.1, 0.15) is 194 Å². The molecule has 2 atom stereocenters. The van der Waals surface area contributed by atoms with Gasteiger partial charge in [-0.25, -0.2) is 0 Å². The summed E-state index contributed by atoms with van der Waals surface area (Å²) in [6, 6.07) is 0. The molecule has 288 valence electrons. The molecule has 0 aliphatic rings. The van der Waals surface area contributed by atoms with Gasteiger partial charge in [-0.15, -0.1) is 5.92 Å². The highest BCUT2D eigenvalue weighted by atomic mass is 16.5. The Hall–Kier alpha value is -1.62. The summed E-state index contributed by atoms with van der Waals surface area (Å²) in [4.78, 5) is 27.3. The van der Waals surface area contributed by atoms with Crippen molar-refractivity contribution in [3.63, 3.8) is 0 Å². The van der Waals surface area contributed by atoms with Gasteiger partial charge in [-0.1, -0.05) is 117 Å². The number of hydrogen-bond acceptors (Lipinski definition) is 7. The number of nitrogens with zero attached hydrogens (tertiary/aromatic N) is 1. The van der Waals surface area contributed by atoms with Gasteiger partial charge >= 0.3 is 11.9 Å². The molecule has 2 unspecified atom stereocenters. The molecule has 0 radical (unpaired) electrons. The molecule has 0 rings (SSSR count). The summed E-state index contributed by atoms with van der Waals surface area (Å²) in [6.07, 6.45) is 27.1. The first-order valence-electron chi connectivity index (χ1n) is 20.8. The zero-order valence-electron chi connectivity index (χ0n) is 32.5. The number of aliphatic hydroxyl groups is 2. The fourth-order valence-corrected chi connectivity index (χ4v) is 6.16. The number of unbranched alkanes of at least 4 members (excludes halogenated alkanes) is 16. The van der Waals surface area contributed by atoms with Gasteiger partial charge in [0.2, 0.25) is 0 Å². The molecule has 7 nitrogen and oxygen atoms in total. The van der Waals surface area contributed by atoms with Gasteiger partial charge in [0.15, 0.2) is 0 Å². The summed E-state index contributed by atoms with van der Waals surface area (Å²) in [5, 5.41) is 20.0. The molecule has 0 amide bonds. The maximum Gasteiger partial charge on any atom is 0.308 e. The highest BCUT2D eigenvalue weighted by Gasteiger charge is 2.19. The van der Waals surface area contributed by atoms with Gasteiger partial charge < -0.3 is 24.6 Å². The van der Waals surface area contributed by atoms with Crippen molar-refractivity contribution in [2.45, 2.75) is 200 Å². The van der Waals surface area contributed by atoms with Crippen LogP contribution < -0.4 is 0 Å². The minimum absolute atomic E-state index is 0.0215. The van der Waals surface area contributed by atoms with E-state index in [2.05, 4.69) is 37.5 Å². The van der Waals surface area contributed by atoms with Gasteiger partial charge in [-0.05, 0) is 77.3 Å². The van der Waals surface area contributed by atoms with E-state index in [0.29, 0.717) is 39.0 Å². The van der Waals surface area contributed by atoms with Crippen molar-refractivity contribution < 1.29 is 29.3 Å². The lowest BCUT2D eigenvalue weighted by molar-refractivity contribution is -0.149. The second kappa shape index (κ2) is 37.6. The smallest absolute Gasteiger partial charge is 0.308 e. The fraction of sp³-hybridized carbons (Fsp3) is 0.905. The van der Waals surface area contributed by atoms with Crippen LogP contribution in [-0.4, -0.2) is 72.6 Å². The summed E-state index contributed by atoms with van der Waals surface area (Å²) in [5.41, 5.74) is 0. The van der Waals surface area contributed by atoms with E-state index in [-0.39, 0.29) is 24.5 Å². The Kier molecular flexibility index (Phi) is 36.4. The molecule has 0 spiro atoms. The average molecular weight is 694 g/mol. The standard InChI is InChI=1S/C42H79NO6/c1-4-7-10-13-15-16-18-27-36-48-41(46)32-22-19-24-33-43(34-25-26-35-44)38-40(45)31-23-28-37-49-42(47)39(29-20-12-9-6-3)30-21-17-14-11-8-5-2/h39-40,44-45H,4-15,17,19-38H2,1-3H3. The Morgan fingerprint density at radius 3 is 1.82 bits per heavy atom. The largest absolute Gasteiger partial charge is 0.465 e. The van der Waals surface area contributed by atoms with Crippen LogP contribution in [0.3, 0.4) is 0 Å². The normalized spacial score (nSPS) is 12.4. The second-order valence-electron chi connectivity index (χ2n) is 14.1. The Bertz CT molecular complexity index is 794. The lowest BCUT2D eigenvalue weighted by Crippen LogP contribution is -2.34. The molecule has 0 heterocycles. The first kappa shape index (κ1) is 47.4. The summed E-state index contributed by atoms with van der Waals surface area (Å²) in [7, 11) is 0. The average Bonchev–Trinajstić information content (AvgIpc) is 3.09. The quantitative estimate of drug-likeness (QED) is 0.0383. The monoisotopic (exact) mass is 694 g/mol. The molecule has 0 aliphatic heterocycles. The van der Waals surface area contributed by atoms with E-state index >= 15 is 0 Å². The number of hydrogen-bond donors (Lipinski definition) is 2. The van der Waals surface area contributed by atoms with Gasteiger partial charge in [0.25, 0.3) is 0 Å². The molecule has 7 heteroatoms. The van der Waals surface area contributed by atoms with Crippen LogP contribution in [0.25, 0.3) is 0 Å². The summed E-state index contributed by atoms with van der Waals surface area (Å²) < 4.78 is 11.1. The third kappa shape index (κ3) is 33.3. The zero-order valence-corrected chi connectivity index (χ0v) is 32.5. The van der Waals surface area contributed by atoms with Crippen LogP contribution in [0.2, 0.25) is 0 Å². The van der Waals surface area contributed by atoms with Crippen LogP contribution in [0.5, 0.6) is 0 Å². The van der Waals surface area contributed by atoms with Gasteiger partial charge in [0, 0.05) is 32.4 Å². The molecule has 0 saturated heterocycles.